The average Bonchev–Trinajstić information content (AvgIpc) is 2.84. The molecule has 0 aliphatic carbocycles. The van der Waals surface area contributed by atoms with Gasteiger partial charge in [0.1, 0.15) is 0 Å². The first-order chi connectivity index (χ1) is 11.0. The van der Waals surface area contributed by atoms with Gasteiger partial charge >= 0.3 is 0 Å². The molecule has 3 amide bonds. The van der Waals surface area contributed by atoms with E-state index >= 15 is 0 Å². The van der Waals surface area contributed by atoms with Gasteiger partial charge in [-0.1, -0.05) is 32.9 Å². The molecule has 0 aromatic heterocycles. The van der Waals surface area contributed by atoms with Crippen LogP contribution >= 0.6 is 0 Å². The molecule has 1 N–H and O–H groups in total. The van der Waals surface area contributed by atoms with Crippen LogP contribution in [0.25, 0.3) is 0 Å². The predicted octanol–water partition coefficient (Wildman–Crippen LogP) is 2.67. The standard InChI is InChI=1S/C11H13NO.C5H7NO2.C2H6/c1-3-8-4-5-10-9(6-8)7-12(2)11(10)13;7-4-2-1-3-5(8)6-4;1-2/h4-6H,3,7H2,1-2H3;1-3H2,(H,6,7,8);1-2H3. The molecule has 3 rings (SSSR count). The van der Waals surface area contributed by atoms with E-state index in [1.54, 1.807) is 4.90 Å². The molecule has 5 nitrogen and oxygen atoms in total. The number of benzene rings is 1. The maximum Gasteiger partial charge on any atom is 0.254 e. The Morgan fingerprint density at radius 3 is 2.17 bits per heavy atom. The molecule has 1 aromatic rings. The van der Waals surface area contributed by atoms with Crippen molar-refractivity contribution < 1.29 is 14.4 Å². The zero-order valence-corrected chi connectivity index (χ0v) is 14.4. The zero-order chi connectivity index (χ0) is 17.4. The van der Waals surface area contributed by atoms with Crippen molar-refractivity contribution in [3.63, 3.8) is 0 Å². The molecule has 1 saturated heterocycles. The molecule has 2 aliphatic heterocycles. The lowest BCUT2D eigenvalue weighted by atomic mass is 10.0. The number of carbonyl (C=O) groups excluding carboxylic acids is 3. The molecule has 23 heavy (non-hydrogen) atoms. The average molecular weight is 318 g/mol. The van der Waals surface area contributed by atoms with E-state index in [1.807, 2.05) is 33.0 Å². The lowest BCUT2D eigenvalue weighted by molar-refractivity contribution is -0.132. The fourth-order valence-corrected chi connectivity index (χ4v) is 2.43. The van der Waals surface area contributed by atoms with Crippen molar-refractivity contribution in [3.05, 3.63) is 34.9 Å². The Labute approximate surface area is 138 Å². The second-order valence-electron chi connectivity index (χ2n) is 5.33. The van der Waals surface area contributed by atoms with Crippen LogP contribution in [0, 0.1) is 0 Å². The molecular formula is C18H26N2O3. The summed E-state index contributed by atoms with van der Waals surface area (Å²) in [4.78, 5) is 34.0. The number of nitrogens with zero attached hydrogens (tertiary/aromatic N) is 1. The summed E-state index contributed by atoms with van der Waals surface area (Å²) in [6.07, 6.45) is 2.76. The Hall–Kier alpha value is -2.17. The van der Waals surface area contributed by atoms with Gasteiger partial charge in [0.2, 0.25) is 11.8 Å². The molecule has 1 aromatic carbocycles. The molecule has 0 unspecified atom stereocenters. The number of hydrogen-bond donors (Lipinski definition) is 1. The van der Waals surface area contributed by atoms with Crippen LogP contribution in [0.4, 0.5) is 0 Å². The third-order valence-corrected chi connectivity index (χ3v) is 3.65. The van der Waals surface area contributed by atoms with Crippen molar-refractivity contribution in [2.75, 3.05) is 7.05 Å². The van der Waals surface area contributed by atoms with Crippen molar-refractivity contribution in [1.82, 2.24) is 10.2 Å². The van der Waals surface area contributed by atoms with E-state index in [4.69, 9.17) is 0 Å². The molecule has 126 valence electrons. The van der Waals surface area contributed by atoms with Gasteiger partial charge in [0.25, 0.3) is 5.91 Å². The second-order valence-corrected chi connectivity index (χ2v) is 5.33. The van der Waals surface area contributed by atoms with Crippen LogP contribution in [-0.4, -0.2) is 29.7 Å². The summed E-state index contributed by atoms with van der Waals surface area (Å²) in [7, 11) is 1.84. The normalized spacial score (nSPS) is 15.8. The minimum atomic E-state index is -0.138. The lowest BCUT2D eigenvalue weighted by Crippen LogP contribution is -2.33. The molecule has 2 heterocycles. The number of carbonyl (C=O) groups is 3. The highest BCUT2D eigenvalue weighted by Gasteiger charge is 2.23. The van der Waals surface area contributed by atoms with E-state index in [-0.39, 0.29) is 17.7 Å². The molecule has 0 radical (unpaired) electrons. The highest BCUT2D eigenvalue weighted by molar-refractivity contribution is 5.98. The van der Waals surface area contributed by atoms with E-state index in [1.165, 1.54) is 11.1 Å². The minimum Gasteiger partial charge on any atom is -0.337 e. The number of rotatable bonds is 1. The Bertz CT molecular complexity index is 568. The maximum atomic E-state index is 11.5. The molecule has 0 saturated carbocycles. The quantitative estimate of drug-likeness (QED) is 0.810. The fraction of sp³-hybridized carbons (Fsp3) is 0.500. The van der Waals surface area contributed by atoms with Gasteiger partial charge in [-0.25, -0.2) is 0 Å². The number of aryl methyl sites for hydroxylation is 1. The van der Waals surface area contributed by atoms with Crippen LogP contribution in [0.3, 0.4) is 0 Å². The lowest BCUT2D eigenvalue weighted by Gasteiger charge is -2.07. The number of piperidine rings is 1. The third-order valence-electron chi connectivity index (χ3n) is 3.65. The predicted molar refractivity (Wildman–Crippen MR) is 90.0 cm³/mol. The van der Waals surface area contributed by atoms with E-state index in [2.05, 4.69) is 18.3 Å². The van der Waals surface area contributed by atoms with Gasteiger partial charge in [-0.3, -0.25) is 19.7 Å². The summed E-state index contributed by atoms with van der Waals surface area (Å²) in [5.41, 5.74) is 3.36. The summed E-state index contributed by atoms with van der Waals surface area (Å²) < 4.78 is 0. The topological polar surface area (TPSA) is 66.5 Å². The van der Waals surface area contributed by atoms with Crippen LogP contribution in [0.2, 0.25) is 0 Å². The summed E-state index contributed by atoms with van der Waals surface area (Å²) in [6, 6.07) is 6.12. The van der Waals surface area contributed by atoms with Crippen molar-refractivity contribution >= 4 is 17.7 Å². The Kier molecular flexibility index (Phi) is 7.45. The number of hydrogen-bond acceptors (Lipinski definition) is 3. The van der Waals surface area contributed by atoms with Gasteiger partial charge in [-0.05, 0) is 30.0 Å². The first-order valence-corrected chi connectivity index (χ1v) is 8.21. The van der Waals surface area contributed by atoms with Gasteiger partial charge in [-0.15, -0.1) is 0 Å². The summed E-state index contributed by atoms with van der Waals surface area (Å²) in [5.74, 6) is -0.125. The summed E-state index contributed by atoms with van der Waals surface area (Å²) in [5, 5.41) is 2.20. The monoisotopic (exact) mass is 318 g/mol. The van der Waals surface area contributed by atoms with Gasteiger partial charge in [0.05, 0.1) is 0 Å². The number of amides is 3. The van der Waals surface area contributed by atoms with Crippen molar-refractivity contribution in [2.45, 2.75) is 53.0 Å². The summed E-state index contributed by atoms with van der Waals surface area (Å²) >= 11 is 0. The first-order valence-electron chi connectivity index (χ1n) is 8.21. The van der Waals surface area contributed by atoms with Crippen molar-refractivity contribution in [1.29, 1.82) is 0 Å². The zero-order valence-electron chi connectivity index (χ0n) is 14.4. The van der Waals surface area contributed by atoms with Crippen LogP contribution in [0.15, 0.2) is 18.2 Å². The Morgan fingerprint density at radius 1 is 1.09 bits per heavy atom. The maximum absolute atomic E-state index is 11.5. The second kappa shape index (κ2) is 9.08. The van der Waals surface area contributed by atoms with Gasteiger partial charge in [0, 0.05) is 32.0 Å². The SMILES string of the molecule is CC.CCc1ccc2c(c1)CN(C)C2=O.O=C1CCCC(=O)N1. The highest BCUT2D eigenvalue weighted by Crippen LogP contribution is 2.22. The molecule has 0 spiro atoms. The van der Waals surface area contributed by atoms with E-state index < -0.39 is 0 Å². The highest BCUT2D eigenvalue weighted by atomic mass is 16.2. The van der Waals surface area contributed by atoms with Crippen molar-refractivity contribution in [2.24, 2.45) is 0 Å². The molecule has 0 bridgehead atoms. The number of imide groups is 1. The molecule has 1 fully saturated rings. The smallest absolute Gasteiger partial charge is 0.254 e. The van der Waals surface area contributed by atoms with Gasteiger partial charge in [-0.2, -0.15) is 0 Å². The fourth-order valence-electron chi connectivity index (χ4n) is 2.43. The minimum absolute atomic E-state index is 0.138. The van der Waals surface area contributed by atoms with Crippen LogP contribution < -0.4 is 5.32 Å². The van der Waals surface area contributed by atoms with Crippen LogP contribution in [0.1, 0.15) is 61.5 Å². The molecule has 2 aliphatic rings. The third kappa shape index (κ3) is 5.20. The Balaban J connectivity index is 0.000000228. The van der Waals surface area contributed by atoms with E-state index in [9.17, 15) is 14.4 Å². The largest absolute Gasteiger partial charge is 0.337 e. The van der Waals surface area contributed by atoms with Crippen molar-refractivity contribution in [3.8, 4) is 0 Å². The Morgan fingerprint density at radius 2 is 1.70 bits per heavy atom. The van der Waals surface area contributed by atoms with Crippen LogP contribution in [0.5, 0.6) is 0 Å². The molecule has 0 atom stereocenters. The summed E-state index contributed by atoms with van der Waals surface area (Å²) in [6.45, 7) is 6.89. The first kappa shape index (κ1) is 18.9. The van der Waals surface area contributed by atoms with Gasteiger partial charge < -0.3 is 4.90 Å². The van der Waals surface area contributed by atoms with Gasteiger partial charge in [0.15, 0.2) is 0 Å². The number of nitrogens with one attached hydrogen (secondary N) is 1. The molecule has 5 heteroatoms. The number of fused-ring (bicyclic) bond motifs is 1. The van der Waals surface area contributed by atoms with E-state index in [0.29, 0.717) is 19.3 Å². The van der Waals surface area contributed by atoms with Crippen LogP contribution in [-0.2, 0) is 22.6 Å². The van der Waals surface area contributed by atoms with E-state index in [0.717, 1.165) is 18.5 Å². The molecular weight excluding hydrogens is 292 g/mol.